The van der Waals surface area contributed by atoms with E-state index >= 15 is 0 Å². The molecule has 1 aromatic rings. The first-order valence-corrected chi connectivity index (χ1v) is 5.10. The number of alkyl halides is 1. The van der Waals surface area contributed by atoms with Crippen LogP contribution in [0.3, 0.4) is 0 Å². The van der Waals surface area contributed by atoms with Crippen LogP contribution in [0.15, 0.2) is 16.7 Å². The van der Waals surface area contributed by atoms with Crippen LogP contribution >= 0.6 is 23.2 Å². The average Bonchev–Trinajstić information content (AvgIpc) is 2.61. The molecule has 1 N–H and O–H groups in total. The average molecular weight is 252 g/mol. The molecule has 1 unspecified atom stereocenters. The minimum absolute atomic E-state index is 0.0744. The van der Waals surface area contributed by atoms with Crippen LogP contribution in [0.1, 0.15) is 10.4 Å². The van der Waals surface area contributed by atoms with E-state index in [0.29, 0.717) is 18.7 Å². The van der Waals surface area contributed by atoms with E-state index in [1.54, 1.807) is 7.11 Å². The van der Waals surface area contributed by atoms with E-state index in [0.717, 1.165) is 0 Å². The van der Waals surface area contributed by atoms with Gasteiger partial charge >= 0.3 is 0 Å². The molecule has 0 saturated carbocycles. The van der Waals surface area contributed by atoms with Gasteiger partial charge in [-0.25, -0.2) is 0 Å². The van der Waals surface area contributed by atoms with E-state index in [9.17, 15) is 4.79 Å². The molecular formula is C9H11Cl2NO3. The molecule has 0 aromatic carbocycles. The van der Waals surface area contributed by atoms with E-state index in [-0.39, 0.29) is 16.5 Å². The maximum atomic E-state index is 11.5. The summed E-state index contributed by atoms with van der Waals surface area (Å²) in [6, 6.07) is 1.50. The third kappa shape index (κ3) is 3.74. The van der Waals surface area contributed by atoms with E-state index < -0.39 is 0 Å². The molecule has 6 heteroatoms. The van der Waals surface area contributed by atoms with Crippen LogP contribution in [0.25, 0.3) is 0 Å². The fraction of sp³-hybridized carbons (Fsp3) is 0.444. The van der Waals surface area contributed by atoms with Crippen molar-refractivity contribution in [3.8, 4) is 0 Å². The Morgan fingerprint density at radius 3 is 3.00 bits per heavy atom. The Balaban J connectivity index is 2.40. The number of carbonyl (C=O) groups excluding carboxylic acids is 1. The van der Waals surface area contributed by atoms with Gasteiger partial charge < -0.3 is 14.5 Å². The molecule has 1 rings (SSSR count). The monoisotopic (exact) mass is 251 g/mol. The smallest absolute Gasteiger partial charge is 0.256 e. The van der Waals surface area contributed by atoms with Gasteiger partial charge in [0.1, 0.15) is 0 Å². The quantitative estimate of drug-likeness (QED) is 0.814. The Morgan fingerprint density at radius 1 is 1.73 bits per heavy atom. The van der Waals surface area contributed by atoms with Gasteiger partial charge in [-0.15, -0.1) is 11.6 Å². The molecule has 0 aliphatic rings. The van der Waals surface area contributed by atoms with Gasteiger partial charge in [0.15, 0.2) is 0 Å². The van der Waals surface area contributed by atoms with E-state index in [4.69, 9.17) is 32.4 Å². The van der Waals surface area contributed by atoms with E-state index in [1.807, 2.05) is 0 Å². The standard InChI is InChI=1S/C9H11Cl2NO3/c1-14-5-6(10)4-12-9(13)7-2-3-15-8(7)11/h2-3,6H,4-5H2,1H3,(H,12,13). The lowest BCUT2D eigenvalue weighted by Gasteiger charge is -2.08. The van der Waals surface area contributed by atoms with Gasteiger partial charge in [-0.2, -0.15) is 0 Å². The molecule has 1 amide bonds. The normalized spacial score (nSPS) is 12.5. The number of amides is 1. The number of ether oxygens (including phenoxy) is 1. The van der Waals surface area contributed by atoms with Gasteiger partial charge in [-0.3, -0.25) is 4.79 Å². The summed E-state index contributed by atoms with van der Waals surface area (Å²) >= 11 is 11.5. The minimum atomic E-state index is -0.310. The maximum absolute atomic E-state index is 11.5. The first kappa shape index (κ1) is 12.4. The van der Waals surface area contributed by atoms with Crippen molar-refractivity contribution in [2.24, 2.45) is 0 Å². The third-order valence-corrected chi connectivity index (χ3v) is 2.27. The van der Waals surface area contributed by atoms with Gasteiger partial charge in [0.05, 0.1) is 23.8 Å². The molecule has 0 fully saturated rings. The first-order chi connectivity index (χ1) is 7.15. The summed E-state index contributed by atoms with van der Waals surface area (Å²) in [5.74, 6) is -0.310. The van der Waals surface area contributed by atoms with Crippen LogP contribution in [-0.2, 0) is 4.74 Å². The largest absolute Gasteiger partial charge is 0.452 e. The fourth-order valence-electron chi connectivity index (χ4n) is 0.994. The molecule has 0 saturated heterocycles. The Kier molecular flexibility index (Phi) is 4.94. The van der Waals surface area contributed by atoms with Crippen molar-refractivity contribution in [2.45, 2.75) is 5.38 Å². The highest BCUT2D eigenvalue weighted by atomic mass is 35.5. The van der Waals surface area contributed by atoms with Crippen LogP contribution in [-0.4, -0.2) is 31.5 Å². The molecule has 0 aliphatic carbocycles. The number of hydrogen-bond donors (Lipinski definition) is 1. The summed E-state index contributed by atoms with van der Waals surface area (Å²) in [5.41, 5.74) is 0.304. The second kappa shape index (κ2) is 6.00. The van der Waals surface area contributed by atoms with Gasteiger partial charge in [-0.05, 0) is 17.7 Å². The Bertz CT molecular complexity index is 327. The number of furan rings is 1. The lowest BCUT2D eigenvalue weighted by Crippen LogP contribution is -2.31. The maximum Gasteiger partial charge on any atom is 0.256 e. The molecule has 0 radical (unpaired) electrons. The molecular weight excluding hydrogens is 241 g/mol. The van der Waals surface area contributed by atoms with E-state index in [2.05, 4.69) is 5.32 Å². The number of methoxy groups -OCH3 is 1. The summed E-state index contributed by atoms with van der Waals surface area (Å²) in [4.78, 5) is 11.5. The highest BCUT2D eigenvalue weighted by molar-refractivity contribution is 6.32. The van der Waals surface area contributed by atoms with Gasteiger partial charge in [0, 0.05) is 13.7 Å². The zero-order chi connectivity index (χ0) is 11.3. The van der Waals surface area contributed by atoms with Crippen LogP contribution in [0, 0.1) is 0 Å². The third-order valence-electron chi connectivity index (χ3n) is 1.69. The number of hydrogen-bond acceptors (Lipinski definition) is 3. The van der Waals surface area contributed by atoms with Crippen molar-refractivity contribution < 1.29 is 13.9 Å². The number of carbonyl (C=O) groups is 1. The van der Waals surface area contributed by atoms with E-state index in [1.165, 1.54) is 12.3 Å². The van der Waals surface area contributed by atoms with Crippen molar-refractivity contribution in [1.29, 1.82) is 0 Å². The van der Waals surface area contributed by atoms with Crippen LogP contribution in [0.2, 0.25) is 5.22 Å². The molecule has 15 heavy (non-hydrogen) atoms. The van der Waals surface area contributed by atoms with Gasteiger partial charge in [0.25, 0.3) is 5.91 Å². The summed E-state index contributed by atoms with van der Waals surface area (Å²) in [5, 5.41) is 2.43. The predicted molar refractivity (Wildman–Crippen MR) is 57.6 cm³/mol. The summed E-state index contributed by atoms with van der Waals surface area (Å²) in [6.45, 7) is 0.691. The molecule has 1 aromatic heterocycles. The second-order valence-electron chi connectivity index (χ2n) is 2.87. The molecule has 0 spiro atoms. The summed E-state index contributed by atoms with van der Waals surface area (Å²) < 4.78 is 9.61. The number of rotatable bonds is 5. The second-order valence-corrected chi connectivity index (χ2v) is 3.83. The molecule has 0 aliphatic heterocycles. The minimum Gasteiger partial charge on any atom is -0.452 e. The number of halogens is 2. The van der Waals surface area contributed by atoms with Crippen molar-refractivity contribution in [3.05, 3.63) is 23.1 Å². The van der Waals surface area contributed by atoms with Gasteiger partial charge in [0.2, 0.25) is 5.22 Å². The highest BCUT2D eigenvalue weighted by Crippen LogP contribution is 2.16. The first-order valence-electron chi connectivity index (χ1n) is 4.29. The molecule has 1 atom stereocenters. The van der Waals surface area contributed by atoms with Crippen molar-refractivity contribution >= 4 is 29.1 Å². The Morgan fingerprint density at radius 2 is 2.47 bits per heavy atom. The Hall–Kier alpha value is -0.710. The lowest BCUT2D eigenvalue weighted by molar-refractivity contribution is 0.0949. The zero-order valence-electron chi connectivity index (χ0n) is 8.13. The Labute approximate surface area is 97.5 Å². The molecule has 0 bridgehead atoms. The molecule has 4 nitrogen and oxygen atoms in total. The van der Waals surface area contributed by atoms with Crippen molar-refractivity contribution in [1.82, 2.24) is 5.32 Å². The highest BCUT2D eigenvalue weighted by Gasteiger charge is 2.13. The topological polar surface area (TPSA) is 51.5 Å². The van der Waals surface area contributed by atoms with Crippen LogP contribution < -0.4 is 5.32 Å². The van der Waals surface area contributed by atoms with Gasteiger partial charge in [-0.1, -0.05) is 0 Å². The van der Waals surface area contributed by atoms with Crippen LogP contribution in [0.4, 0.5) is 0 Å². The zero-order valence-corrected chi connectivity index (χ0v) is 9.64. The van der Waals surface area contributed by atoms with Crippen LogP contribution in [0.5, 0.6) is 0 Å². The van der Waals surface area contributed by atoms with Crippen molar-refractivity contribution in [3.63, 3.8) is 0 Å². The van der Waals surface area contributed by atoms with Crippen molar-refractivity contribution in [2.75, 3.05) is 20.3 Å². The fourth-order valence-corrected chi connectivity index (χ4v) is 1.40. The summed E-state index contributed by atoms with van der Waals surface area (Å²) in [7, 11) is 1.55. The number of nitrogens with one attached hydrogen (secondary N) is 1. The predicted octanol–water partition coefficient (Wildman–Crippen LogP) is 1.92. The lowest BCUT2D eigenvalue weighted by atomic mass is 10.3. The molecule has 1 heterocycles. The summed E-state index contributed by atoms with van der Waals surface area (Å²) in [6.07, 6.45) is 1.35. The molecule has 84 valence electrons. The SMILES string of the molecule is COCC(Cl)CNC(=O)c1ccoc1Cl.